The van der Waals surface area contributed by atoms with E-state index in [1.54, 1.807) is 6.08 Å². The van der Waals surface area contributed by atoms with E-state index in [1.165, 1.54) is 6.26 Å². The van der Waals surface area contributed by atoms with Crippen molar-refractivity contribution in [2.24, 2.45) is 0 Å². The molecule has 1 rings (SSSR count). The van der Waals surface area contributed by atoms with Gasteiger partial charge in [0.1, 0.15) is 5.03 Å². The first-order valence-electron chi connectivity index (χ1n) is 4.34. The van der Waals surface area contributed by atoms with Gasteiger partial charge in [0.05, 0.1) is 9.73 Å². The van der Waals surface area contributed by atoms with E-state index < -0.39 is 9.73 Å². The number of nitrogens with one attached hydrogen (secondary N) is 2. The van der Waals surface area contributed by atoms with Crippen molar-refractivity contribution in [3.8, 4) is 0 Å². The first-order valence-corrected chi connectivity index (χ1v) is 6.30. The molecular weight excluding hydrogens is 184 g/mol. The summed E-state index contributed by atoms with van der Waals surface area (Å²) in [6, 6.07) is 0.228. The normalized spacial score (nSPS) is 26.8. The molecule has 4 heteroatoms. The summed E-state index contributed by atoms with van der Waals surface area (Å²) in [5.74, 6) is 0. The largest absolute Gasteiger partial charge is 0.371 e. The fraction of sp³-hybridized carbons (Fsp3) is 0.556. The second-order valence-corrected chi connectivity index (χ2v) is 5.55. The van der Waals surface area contributed by atoms with Gasteiger partial charge < -0.3 is 5.32 Å². The van der Waals surface area contributed by atoms with Crippen LogP contribution in [0.5, 0.6) is 0 Å². The zero-order chi connectivity index (χ0) is 10.1. The SMILES string of the molecule is CCC1C=C(C)C=C(S(C)(=N)=O)N1. The van der Waals surface area contributed by atoms with E-state index >= 15 is 0 Å². The minimum absolute atomic E-state index is 0.228. The maximum Gasteiger partial charge on any atom is 0.108 e. The van der Waals surface area contributed by atoms with Gasteiger partial charge in [-0.15, -0.1) is 0 Å². The topological polar surface area (TPSA) is 53.0 Å². The van der Waals surface area contributed by atoms with Crippen LogP contribution in [0.4, 0.5) is 0 Å². The number of hydrogen-bond donors (Lipinski definition) is 2. The van der Waals surface area contributed by atoms with Crippen LogP contribution in [0.1, 0.15) is 20.3 Å². The van der Waals surface area contributed by atoms with Gasteiger partial charge in [-0.3, -0.25) is 0 Å². The lowest BCUT2D eigenvalue weighted by molar-refractivity contribution is 0.641. The van der Waals surface area contributed by atoms with Crippen LogP contribution < -0.4 is 5.32 Å². The molecule has 0 aliphatic carbocycles. The van der Waals surface area contributed by atoms with Gasteiger partial charge in [0.2, 0.25) is 0 Å². The smallest absolute Gasteiger partial charge is 0.108 e. The maximum absolute atomic E-state index is 11.5. The first-order chi connectivity index (χ1) is 5.93. The van der Waals surface area contributed by atoms with Gasteiger partial charge in [-0.2, -0.15) is 0 Å². The molecule has 0 aromatic carbocycles. The lowest BCUT2D eigenvalue weighted by Crippen LogP contribution is -2.31. The van der Waals surface area contributed by atoms with Crippen LogP contribution in [0.25, 0.3) is 0 Å². The molecule has 3 nitrogen and oxygen atoms in total. The second kappa shape index (κ2) is 3.54. The molecule has 0 saturated carbocycles. The minimum atomic E-state index is -2.59. The quantitative estimate of drug-likeness (QED) is 0.714. The first kappa shape index (κ1) is 10.3. The predicted molar refractivity (Wildman–Crippen MR) is 55.8 cm³/mol. The molecule has 0 radical (unpaired) electrons. The van der Waals surface area contributed by atoms with Crippen LogP contribution in [0, 0.1) is 4.78 Å². The highest BCUT2D eigenvalue weighted by molar-refractivity contribution is 7.95. The van der Waals surface area contributed by atoms with Crippen LogP contribution in [-0.2, 0) is 9.73 Å². The highest BCUT2D eigenvalue weighted by Crippen LogP contribution is 2.15. The van der Waals surface area contributed by atoms with Crippen molar-refractivity contribution in [2.45, 2.75) is 26.3 Å². The molecule has 2 N–H and O–H groups in total. The molecule has 1 aliphatic heterocycles. The Balaban J connectivity index is 2.98. The minimum Gasteiger partial charge on any atom is -0.371 e. The Labute approximate surface area is 79.9 Å². The van der Waals surface area contributed by atoms with E-state index in [1.807, 2.05) is 6.92 Å². The molecule has 1 heterocycles. The number of rotatable bonds is 2. The molecule has 13 heavy (non-hydrogen) atoms. The van der Waals surface area contributed by atoms with E-state index in [0.29, 0.717) is 5.03 Å². The van der Waals surface area contributed by atoms with Gasteiger partial charge in [0.25, 0.3) is 0 Å². The molecule has 0 bridgehead atoms. The van der Waals surface area contributed by atoms with E-state index in [4.69, 9.17) is 4.78 Å². The summed E-state index contributed by atoms with van der Waals surface area (Å²) in [7, 11) is -2.59. The Morgan fingerprint density at radius 1 is 1.69 bits per heavy atom. The third-order valence-corrected chi connectivity index (χ3v) is 3.08. The Bertz CT molecular complexity index is 352. The Hall–Kier alpha value is -0.770. The molecule has 2 unspecified atom stereocenters. The fourth-order valence-corrected chi connectivity index (χ4v) is 2.07. The summed E-state index contributed by atoms with van der Waals surface area (Å²) < 4.78 is 18.9. The van der Waals surface area contributed by atoms with Gasteiger partial charge in [0, 0.05) is 12.3 Å². The van der Waals surface area contributed by atoms with Crippen molar-refractivity contribution in [2.75, 3.05) is 6.26 Å². The molecule has 0 saturated heterocycles. The average Bonchev–Trinajstić information content (AvgIpc) is 2.01. The lowest BCUT2D eigenvalue weighted by Gasteiger charge is -2.22. The van der Waals surface area contributed by atoms with Crippen LogP contribution in [0.2, 0.25) is 0 Å². The summed E-state index contributed by atoms with van der Waals surface area (Å²) >= 11 is 0. The molecule has 74 valence electrons. The van der Waals surface area contributed by atoms with Crippen molar-refractivity contribution < 1.29 is 4.21 Å². The van der Waals surface area contributed by atoms with Crippen molar-refractivity contribution in [1.29, 1.82) is 4.78 Å². The summed E-state index contributed by atoms with van der Waals surface area (Å²) in [6.45, 7) is 4.03. The fourth-order valence-electron chi connectivity index (χ4n) is 1.28. The predicted octanol–water partition coefficient (Wildman–Crippen LogP) is 1.83. The van der Waals surface area contributed by atoms with E-state index in [-0.39, 0.29) is 6.04 Å². The van der Waals surface area contributed by atoms with Crippen molar-refractivity contribution in [1.82, 2.24) is 5.32 Å². The zero-order valence-electron chi connectivity index (χ0n) is 8.26. The number of hydrogen-bond acceptors (Lipinski definition) is 3. The molecule has 0 aromatic heterocycles. The van der Waals surface area contributed by atoms with Crippen LogP contribution in [0.15, 0.2) is 22.8 Å². The van der Waals surface area contributed by atoms with Crippen molar-refractivity contribution in [3.63, 3.8) is 0 Å². The lowest BCUT2D eigenvalue weighted by atomic mass is 10.1. The second-order valence-electron chi connectivity index (χ2n) is 3.42. The summed E-state index contributed by atoms with van der Waals surface area (Å²) in [6.07, 6.45) is 6.28. The Morgan fingerprint density at radius 3 is 2.77 bits per heavy atom. The molecule has 0 fully saturated rings. The van der Waals surface area contributed by atoms with Crippen molar-refractivity contribution >= 4 is 9.73 Å². The molecule has 1 aliphatic rings. The van der Waals surface area contributed by atoms with E-state index in [0.717, 1.165) is 12.0 Å². The van der Waals surface area contributed by atoms with Gasteiger partial charge in [-0.25, -0.2) is 8.99 Å². The third kappa shape index (κ3) is 2.59. The van der Waals surface area contributed by atoms with Crippen molar-refractivity contribution in [3.05, 3.63) is 22.8 Å². The number of allylic oxidation sites excluding steroid dienone is 2. The van der Waals surface area contributed by atoms with Gasteiger partial charge >= 0.3 is 0 Å². The van der Waals surface area contributed by atoms with Gasteiger partial charge in [0.15, 0.2) is 0 Å². The third-order valence-electron chi connectivity index (χ3n) is 2.01. The zero-order valence-corrected chi connectivity index (χ0v) is 9.07. The van der Waals surface area contributed by atoms with Crippen LogP contribution in [0.3, 0.4) is 0 Å². The highest BCUT2D eigenvalue weighted by atomic mass is 32.2. The van der Waals surface area contributed by atoms with Gasteiger partial charge in [-0.05, 0) is 19.4 Å². The Kier molecular flexibility index (Phi) is 2.81. The van der Waals surface area contributed by atoms with Crippen LogP contribution >= 0.6 is 0 Å². The maximum atomic E-state index is 11.5. The molecule has 0 aromatic rings. The molecule has 0 amide bonds. The molecule has 0 spiro atoms. The summed E-state index contributed by atoms with van der Waals surface area (Å²) in [5.41, 5.74) is 1.09. The van der Waals surface area contributed by atoms with Gasteiger partial charge in [-0.1, -0.05) is 18.6 Å². The monoisotopic (exact) mass is 200 g/mol. The molecular formula is C9H16N2OS. The van der Waals surface area contributed by atoms with E-state index in [9.17, 15) is 4.21 Å². The standard InChI is InChI=1S/C9H16N2OS/c1-4-8-5-7(2)6-9(11-8)13(3,10)12/h5-6,8,10-11H,4H2,1-3H3. The average molecular weight is 200 g/mol. The molecule has 2 atom stereocenters. The summed E-state index contributed by atoms with van der Waals surface area (Å²) in [5, 5.41) is 3.65. The summed E-state index contributed by atoms with van der Waals surface area (Å²) in [4.78, 5) is 0. The Morgan fingerprint density at radius 2 is 2.31 bits per heavy atom. The van der Waals surface area contributed by atoms with Crippen LogP contribution in [-0.4, -0.2) is 16.5 Å². The van der Waals surface area contributed by atoms with E-state index in [2.05, 4.69) is 18.3 Å². The highest BCUT2D eigenvalue weighted by Gasteiger charge is 2.15. The number of dihydropyridines is 1.